The van der Waals surface area contributed by atoms with Crippen LogP contribution in [-0.2, 0) is 50.1 Å². The lowest BCUT2D eigenvalue weighted by atomic mass is 9.98. The molecular formula is C56H68N16O2. The van der Waals surface area contributed by atoms with Crippen molar-refractivity contribution >= 4 is 34.8 Å². The fourth-order valence-electron chi connectivity index (χ4n) is 9.06. The van der Waals surface area contributed by atoms with Gasteiger partial charge in [-0.15, -0.1) is 0 Å². The second-order valence-electron chi connectivity index (χ2n) is 21.2. The third-order valence-electron chi connectivity index (χ3n) is 13.5. The van der Waals surface area contributed by atoms with Gasteiger partial charge in [-0.3, -0.25) is 33.2 Å². The Morgan fingerprint density at radius 1 is 0.608 bits per heavy atom. The van der Waals surface area contributed by atoms with Crippen molar-refractivity contribution in [1.82, 2.24) is 69.3 Å². The molecule has 2 aliphatic heterocycles. The predicted octanol–water partition coefficient (Wildman–Crippen LogP) is 9.26. The average molecular weight is 997 g/mol. The van der Waals surface area contributed by atoms with Crippen LogP contribution in [-0.4, -0.2) is 95.2 Å². The summed E-state index contributed by atoms with van der Waals surface area (Å²) in [5, 5.41) is 28.0. The smallest absolute Gasteiger partial charge is 0.166 e. The van der Waals surface area contributed by atoms with Crippen LogP contribution in [0.1, 0.15) is 116 Å². The highest BCUT2D eigenvalue weighted by Crippen LogP contribution is 2.28. The van der Waals surface area contributed by atoms with Crippen LogP contribution >= 0.6 is 0 Å². The first-order valence-corrected chi connectivity index (χ1v) is 25.6. The molecule has 2 aromatic carbocycles. The molecule has 0 saturated carbocycles. The first-order chi connectivity index (χ1) is 35.4. The first kappa shape index (κ1) is 51.2. The Balaban J connectivity index is 0.000000182. The summed E-state index contributed by atoms with van der Waals surface area (Å²) in [6.45, 7) is 25.2. The SMILES string of the molecule is CCN1CCn2nc(Nc3cc(-c4ccc(CCC(=O)c5cnn(C(C)(C)C)c5)c(C)c4)ncn3)cc2C1.Cc1cc(-c2cc(Nc3cc4n(n3)CCNC4)ncn2)ccc1CCC(=O)c1cnn(C(C)(C)C)c1. The molecule has 0 radical (unpaired) electrons. The van der Waals surface area contributed by atoms with Crippen molar-refractivity contribution in [3.63, 3.8) is 0 Å². The fourth-order valence-corrected chi connectivity index (χ4v) is 9.06. The van der Waals surface area contributed by atoms with E-state index in [-0.39, 0.29) is 22.6 Å². The number of hydrogen-bond acceptors (Lipinski definition) is 14. The second kappa shape index (κ2) is 21.8. The summed E-state index contributed by atoms with van der Waals surface area (Å²) < 4.78 is 7.76. The molecule has 8 heterocycles. The van der Waals surface area contributed by atoms with Crippen LogP contribution in [0.3, 0.4) is 0 Å². The van der Waals surface area contributed by atoms with Gasteiger partial charge in [0.25, 0.3) is 0 Å². The Hall–Kier alpha value is -7.70. The van der Waals surface area contributed by atoms with Gasteiger partial charge in [-0.25, -0.2) is 19.9 Å². The van der Waals surface area contributed by atoms with Gasteiger partial charge in [0.2, 0.25) is 0 Å². The number of ketones is 2. The Kier molecular flexibility index (Phi) is 15.1. The quantitative estimate of drug-likeness (QED) is 0.0822. The Labute approximate surface area is 433 Å². The maximum absolute atomic E-state index is 12.8. The molecule has 0 aliphatic carbocycles. The van der Waals surface area contributed by atoms with E-state index in [9.17, 15) is 9.59 Å². The van der Waals surface area contributed by atoms with Gasteiger partial charge in [0.05, 0.1) is 70.5 Å². The van der Waals surface area contributed by atoms with Crippen molar-refractivity contribution in [2.24, 2.45) is 0 Å². The van der Waals surface area contributed by atoms with E-state index in [1.807, 2.05) is 44.6 Å². The van der Waals surface area contributed by atoms with Crippen LogP contribution in [0.25, 0.3) is 22.5 Å². The van der Waals surface area contributed by atoms with E-state index < -0.39 is 0 Å². The lowest BCUT2D eigenvalue weighted by Crippen LogP contribution is -2.33. The molecule has 6 aromatic heterocycles. The summed E-state index contributed by atoms with van der Waals surface area (Å²) in [6, 6.07) is 20.5. The molecule has 0 atom stereocenters. The standard InChI is InChI=1S/C29H36N8O.C27H32N8O/c1-6-35-11-12-36-24(18-35)14-28(34-36)33-27-15-25(30-19-31-27)22-8-7-21(20(2)13-22)9-10-26(38)23-16-32-37(17-23)29(3,4)5;1-18-11-20(6-5-19(18)7-8-24(36)21-14-31-35(16-21)27(2,3)4)23-13-25(30-17-29-23)32-26-12-22-15-28-9-10-34(22)33-26/h7-8,13-17,19H,6,9-12,18H2,1-5H3,(H,30,31,33,34);5-6,11-14,16-17,28H,7-10,15H2,1-4H3,(H,29,30,32,33). The number of aromatic nitrogens is 12. The number of aryl methyl sites for hydroxylation is 4. The van der Waals surface area contributed by atoms with E-state index in [0.717, 1.165) is 108 Å². The van der Waals surface area contributed by atoms with E-state index in [2.05, 4.69) is 166 Å². The molecule has 0 saturated heterocycles. The summed E-state index contributed by atoms with van der Waals surface area (Å²) in [5.74, 6) is 3.21. The topological polar surface area (TPSA) is 196 Å². The maximum Gasteiger partial charge on any atom is 0.166 e. The van der Waals surface area contributed by atoms with E-state index in [1.54, 1.807) is 25.0 Å². The van der Waals surface area contributed by atoms with Gasteiger partial charge in [0.15, 0.2) is 23.2 Å². The molecule has 3 N–H and O–H groups in total. The van der Waals surface area contributed by atoms with Crippen molar-refractivity contribution in [1.29, 1.82) is 0 Å². The summed E-state index contributed by atoms with van der Waals surface area (Å²) in [5.41, 5.74) is 11.7. The zero-order valence-corrected chi connectivity index (χ0v) is 44.1. The number of likely N-dealkylation sites (N-methyl/N-ethyl adjacent to an activating group) is 1. The van der Waals surface area contributed by atoms with Crippen LogP contribution in [0.2, 0.25) is 0 Å². The number of anilines is 4. The van der Waals surface area contributed by atoms with Gasteiger partial charge in [-0.05, 0) is 109 Å². The number of carbonyl (C=O) groups excluding carboxylic acids is 2. The van der Waals surface area contributed by atoms with Gasteiger partial charge in [0.1, 0.15) is 24.3 Å². The number of benzene rings is 2. The summed E-state index contributed by atoms with van der Waals surface area (Å²) in [4.78, 5) is 45.6. The van der Waals surface area contributed by atoms with E-state index in [4.69, 9.17) is 5.10 Å². The molecule has 0 bridgehead atoms. The molecule has 0 amide bonds. The van der Waals surface area contributed by atoms with Gasteiger partial charge < -0.3 is 16.0 Å². The van der Waals surface area contributed by atoms with Crippen molar-refractivity contribution in [2.45, 2.75) is 125 Å². The number of nitrogens with one attached hydrogen (secondary N) is 3. The highest BCUT2D eigenvalue weighted by molar-refractivity contribution is 5.96. The third kappa shape index (κ3) is 12.4. The number of fused-ring (bicyclic) bond motifs is 2. The summed E-state index contributed by atoms with van der Waals surface area (Å²) in [7, 11) is 0. The van der Waals surface area contributed by atoms with Crippen LogP contribution in [0.5, 0.6) is 0 Å². The van der Waals surface area contributed by atoms with Gasteiger partial charge in [-0.2, -0.15) is 20.4 Å². The van der Waals surface area contributed by atoms with Crippen LogP contribution in [0, 0.1) is 13.8 Å². The largest absolute Gasteiger partial charge is 0.323 e. The Morgan fingerprint density at radius 2 is 1.11 bits per heavy atom. The molecule has 2 aliphatic rings. The van der Waals surface area contributed by atoms with Crippen molar-refractivity contribution in [3.05, 3.63) is 143 Å². The highest BCUT2D eigenvalue weighted by Gasteiger charge is 2.21. The minimum Gasteiger partial charge on any atom is -0.323 e. The Bertz CT molecular complexity index is 3250. The average Bonchev–Trinajstić information content (AvgIpc) is 4.22. The molecule has 8 aromatic rings. The van der Waals surface area contributed by atoms with E-state index >= 15 is 0 Å². The highest BCUT2D eigenvalue weighted by atomic mass is 16.1. The molecule has 10 rings (SSSR count). The van der Waals surface area contributed by atoms with Gasteiger partial charge >= 0.3 is 0 Å². The van der Waals surface area contributed by atoms with Crippen molar-refractivity contribution in [2.75, 3.05) is 30.3 Å². The first-order valence-electron chi connectivity index (χ1n) is 25.6. The third-order valence-corrected chi connectivity index (χ3v) is 13.5. The maximum atomic E-state index is 12.8. The fraction of sp³-hybridized carbons (Fsp3) is 0.393. The number of carbonyl (C=O) groups is 2. The zero-order valence-electron chi connectivity index (χ0n) is 44.1. The predicted molar refractivity (Wildman–Crippen MR) is 288 cm³/mol. The lowest BCUT2D eigenvalue weighted by molar-refractivity contribution is 0.0974. The van der Waals surface area contributed by atoms with Crippen LogP contribution in [0.15, 0.2) is 98.1 Å². The van der Waals surface area contributed by atoms with E-state index in [0.29, 0.717) is 48.4 Å². The van der Waals surface area contributed by atoms with Crippen molar-refractivity contribution < 1.29 is 9.59 Å². The van der Waals surface area contributed by atoms with E-state index in [1.165, 1.54) is 5.69 Å². The monoisotopic (exact) mass is 997 g/mol. The van der Waals surface area contributed by atoms with Crippen LogP contribution in [0.4, 0.5) is 23.3 Å². The molecule has 74 heavy (non-hydrogen) atoms. The lowest BCUT2D eigenvalue weighted by Gasteiger charge is -2.25. The molecule has 384 valence electrons. The molecule has 0 unspecified atom stereocenters. The molecule has 18 heteroatoms. The normalized spacial score (nSPS) is 13.7. The number of Topliss-reactive ketones (excluding diaryl/α,β-unsaturated/α-hetero) is 2. The van der Waals surface area contributed by atoms with Crippen molar-refractivity contribution in [3.8, 4) is 22.5 Å². The molecular weight excluding hydrogens is 929 g/mol. The number of nitrogens with zero attached hydrogens (tertiary/aromatic N) is 13. The number of hydrogen-bond donors (Lipinski definition) is 3. The number of rotatable bonds is 15. The molecule has 0 fully saturated rings. The van der Waals surface area contributed by atoms with Crippen LogP contribution < -0.4 is 16.0 Å². The minimum absolute atomic E-state index is 0.109. The summed E-state index contributed by atoms with van der Waals surface area (Å²) >= 11 is 0. The molecule has 18 nitrogen and oxygen atoms in total. The van der Waals surface area contributed by atoms with Gasteiger partial charge in [-0.1, -0.05) is 31.2 Å². The minimum atomic E-state index is -0.143. The molecule has 0 spiro atoms. The zero-order chi connectivity index (χ0) is 52.1. The second-order valence-corrected chi connectivity index (χ2v) is 21.2. The summed E-state index contributed by atoms with van der Waals surface area (Å²) in [6.07, 6.45) is 12.4. The Morgan fingerprint density at radius 3 is 1.57 bits per heavy atom. The van der Waals surface area contributed by atoms with Gasteiger partial charge in [0, 0.05) is 86.8 Å².